The molecule has 4 heteroatoms. The zero-order valence-electron chi connectivity index (χ0n) is 9.52. The Balaban J connectivity index is 2.18. The van der Waals surface area contributed by atoms with Gasteiger partial charge in [-0.05, 0) is 43.2 Å². The van der Waals surface area contributed by atoms with Crippen molar-refractivity contribution >= 4 is 11.6 Å². The zero-order valence-corrected chi connectivity index (χ0v) is 10.3. The Morgan fingerprint density at radius 2 is 2.00 bits per heavy atom. The van der Waals surface area contributed by atoms with Crippen molar-refractivity contribution < 1.29 is 13.2 Å². The van der Waals surface area contributed by atoms with E-state index in [0.29, 0.717) is 6.42 Å². The summed E-state index contributed by atoms with van der Waals surface area (Å²) < 4.78 is 37.6. The highest BCUT2D eigenvalue weighted by atomic mass is 35.5. The third kappa shape index (κ3) is 2.76. The maximum Gasteiger partial charge on any atom is 0.416 e. The van der Waals surface area contributed by atoms with Gasteiger partial charge in [-0.2, -0.15) is 13.2 Å². The third-order valence-corrected chi connectivity index (χ3v) is 4.01. The molecule has 17 heavy (non-hydrogen) atoms. The lowest BCUT2D eigenvalue weighted by Gasteiger charge is -2.18. The molecule has 1 aliphatic rings. The summed E-state index contributed by atoms with van der Waals surface area (Å²) in [4.78, 5) is 0. The maximum absolute atomic E-state index is 12.5. The van der Waals surface area contributed by atoms with Crippen LogP contribution in [0.25, 0.3) is 0 Å². The minimum Gasteiger partial charge on any atom is -0.166 e. The van der Waals surface area contributed by atoms with Crippen molar-refractivity contribution in [3.63, 3.8) is 0 Å². The van der Waals surface area contributed by atoms with Crippen molar-refractivity contribution in [1.82, 2.24) is 0 Å². The summed E-state index contributed by atoms with van der Waals surface area (Å²) in [5, 5.41) is 0.0112. The monoisotopic (exact) mass is 262 g/mol. The van der Waals surface area contributed by atoms with E-state index >= 15 is 0 Å². The van der Waals surface area contributed by atoms with Crippen LogP contribution < -0.4 is 0 Å². The maximum atomic E-state index is 12.5. The average molecular weight is 263 g/mol. The normalized spacial score (nSPS) is 20.1. The quantitative estimate of drug-likeness (QED) is 0.695. The van der Waals surface area contributed by atoms with Crippen LogP contribution in [0.4, 0.5) is 13.2 Å². The number of benzene rings is 1. The Labute approximate surface area is 104 Å². The molecule has 0 aliphatic heterocycles. The van der Waals surface area contributed by atoms with Crippen LogP contribution in [0.3, 0.4) is 0 Å². The van der Waals surface area contributed by atoms with Gasteiger partial charge in [0, 0.05) is 5.38 Å². The van der Waals surface area contributed by atoms with E-state index in [1.165, 1.54) is 12.1 Å². The summed E-state index contributed by atoms with van der Waals surface area (Å²) in [6.07, 6.45) is -1.61. The van der Waals surface area contributed by atoms with Crippen LogP contribution in [-0.2, 0) is 12.6 Å². The Hall–Kier alpha value is -0.700. The SMILES string of the molecule is CC(Cl)C1(Cc2cccc(C(F)(F)F)c2)CC1. The van der Waals surface area contributed by atoms with Gasteiger partial charge >= 0.3 is 6.18 Å². The molecular formula is C13H14ClF3. The standard InChI is InChI=1S/C13H14ClF3/c1-9(14)12(5-6-12)8-10-3-2-4-11(7-10)13(15,16)17/h2-4,7,9H,5-6,8H2,1H3. The summed E-state index contributed by atoms with van der Waals surface area (Å²) in [5.41, 5.74) is 0.170. The van der Waals surface area contributed by atoms with Gasteiger partial charge in [-0.1, -0.05) is 18.2 Å². The van der Waals surface area contributed by atoms with Crippen LogP contribution in [0.2, 0.25) is 0 Å². The summed E-state index contributed by atoms with van der Waals surface area (Å²) in [5.74, 6) is 0. The zero-order chi connectivity index (χ0) is 12.7. The predicted molar refractivity (Wildman–Crippen MR) is 62.1 cm³/mol. The summed E-state index contributed by atoms with van der Waals surface area (Å²) >= 11 is 6.09. The average Bonchev–Trinajstić information content (AvgIpc) is 2.98. The Morgan fingerprint density at radius 1 is 1.35 bits per heavy atom. The van der Waals surface area contributed by atoms with Gasteiger partial charge in [-0.25, -0.2) is 0 Å². The largest absolute Gasteiger partial charge is 0.416 e. The first-order chi connectivity index (χ1) is 7.83. The molecule has 2 rings (SSSR count). The molecule has 0 saturated heterocycles. The van der Waals surface area contributed by atoms with Crippen molar-refractivity contribution in [3.05, 3.63) is 35.4 Å². The minimum atomic E-state index is -4.26. The van der Waals surface area contributed by atoms with E-state index in [9.17, 15) is 13.2 Å². The third-order valence-electron chi connectivity index (χ3n) is 3.55. The number of rotatable bonds is 3. The van der Waals surface area contributed by atoms with Crippen LogP contribution in [0.1, 0.15) is 30.9 Å². The molecule has 0 nitrogen and oxygen atoms in total. The lowest BCUT2D eigenvalue weighted by Crippen LogP contribution is -2.16. The van der Waals surface area contributed by atoms with Crippen LogP contribution in [0, 0.1) is 5.41 Å². The van der Waals surface area contributed by atoms with Gasteiger partial charge in [0.2, 0.25) is 0 Å². The fourth-order valence-electron chi connectivity index (χ4n) is 2.14. The molecule has 0 bridgehead atoms. The van der Waals surface area contributed by atoms with E-state index < -0.39 is 11.7 Å². The van der Waals surface area contributed by atoms with E-state index in [0.717, 1.165) is 24.5 Å². The highest BCUT2D eigenvalue weighted by molar-refractivity contribution is 6.21. The van der Waals surface area contributed by atoms with Gasteiger partial charge in [0.25, 0.3) is 0 Å². The van der Waals surface area contributed by atoms with Gasteiger partial charge in [0.1, 0.15) is 0 Å². The molecule has 1 unspecified atom stereocenters. The number of hydrogen-bond acceptors (Lipinski definition) is 0. The molecule has 0 radical (unpaired) electrons. The fourth-order valence-corrected chi connectivity index (χ4v) is 2.44. The predicted octanol–water partition coefficient (Wildman–Crippen LogP) is 4.66. The smallest absolute Gasteiger partial charge is 0.166 e. The first-order valence-corrected chi connectivity index (χ1v) is 6.07. The van der Waals surface area contributed by atoms with Crippen LogP contribution in [-0.4, -0.2) is 5.38 Å². The fraction of sp³-hybridized carbons (Fsp3) is 0.538. The molecule has 0 amide bonds. The van der Waals surface area contributed by atoms with E-state index in [2.05, 4.69) is 0 Å². The summed E-state index contributed by atoms with van der Waals surface area (Å²) in [7, 11) is 0. The van der Waals surface area contributed by atoms with Crippen molar-refractivity contribution in [3.8, 4) is 0 Å². The highest BCUT2D eigenvalue weighted by Gasteiger charge is 2.46. The number of alkyl halides is 4. The van der Waals surface area contributed by atoms with E-state index in [1.54, 1.807) is 6.07 Å². The van der Waals surface area contributed by atoms with Gasteiger partial charge in [0.05, 0.1) is 5.56 Å². The molecule has 1 saturated carbocycles. The van der Waals surface area contributed by atoms with Crippen LogP contribution in [0.5, 0.6) is 0 Å². The molecule has 1 aromatic rings. The number of hydrogen-bond donors (Lipinski definition) is 0. The van der Waals surface area contributed by atoms with E-state index in [4.69, 9.17) is 11.6 Å². The first-order valence-electron chi connectivity index (χ1n) is 5.64. The second-order valence-corrected chi connectivity index (χ2v) is 5.51. The molecule has 0 aromatic heterocycles. The molecule has 1 aliphatic carbocycles. The molecule has 0 N–H and O–H groups in total. The lowest BCUT2D eigenvalue weighted by atomic mass is 9.93. The summed E-state index contributed by atoms with van der Waals surface area (Å²) in [6.45, 7) is 1.92. The molecule has 1 aromatic carbocycles. The van der Waals surface area contributed by atoms with Crippen molar-refractivity contribution in [2.45, 2.75) is 37.7 Å². The van der Waals surface area contributed by atoms with Crippen molar-refractivity contribution in [1.29, 1.82) is 0 Å². The van der Waals surface area contributed by atoms with Crippen molar-refractivity contribution in [2.24, 2.45) is 5.41 Å². The summed E-state index contributed by atoms with van der Waals surface area (Å²) in [6, 6.07) is 5.55. The second-order valence-electron chi connectivity index (χ2n) is 4.85. The van der Waals surface area contributed by atoms with E-state index in [1.807, 2.05) is 6.92 Å². The number of halogens is 4. The molecule has 0 heterocycles. The van der Waals surface area contributed by atoms with Gasteiger partial charge in [-0.15, -0.1) is 11.6 Å². The molecule has 0 spiro atoms. The lowest BCUT2D eigenvalue weighted by molar-refractivity contribution is -0.137. The molecule has 1 atom stereocenters. The van der Waals surface area contributed by atoms with Gasteiger partial charge in [-0.3, -0.25) is 0 Å². The second kappa shape index (κ2) is 4.20. The van der Waals surface area contributed by atoms with E-state index in [-0.39, 0.29) is 10.8 Å². The van der Waals surface area contributed by atoms with Crippen molar-refractivity contribution in [2.75, 3.05) is 0 Å². The Morgan fingerprint density at radius 3 is 2.47 bits per heavy atom. The molecule has 1 fully saturated rings. The minimum absolute atomic E-state index is 0.0112. The highest BCUT2D eigenvalue weighted by Crippen LogP contribution is 2.53. The Bertz CT molecular complexity index is 405. The Kier molecular flexibility index (Phi) is 3.15. The molecular weight excluding hydrogens is 249 g/mol. The first kappa shape index (κ1) is 12.7. The van der Waals surface area contributed by atoms with Gasteiger partial charge < -0.3 is 0 Å². The molecule has 94 valence electrons. The van der Waals surface area contributed by atoms with Crippen LogP contribution in [0.15, 0.2) is 24.3 Å². The topological polar surface area (TPSA) is 0 Å². The van der Waals surface area contributed by atoms with Crippen LogP contribution >= 0.6 is 11.6 Å². The van der Waals surface area contributed by atoms with Gasteiger partial charge in [0.15, 0.2) is 0 Å².